The fraction of sp³-hybridized carbons (Fsp3) is 0.650. The lowest BCUT2D eigenvalue weighted by molar-refractivity contribution is -0.128. The van der Waals surface area contributed by atoms with Crippen LogP contribution < -0.4 is 10.1 Å². The predicted octanol–water partition coefficient (Wildman–Crippen LogP) is 2.69. The van der Waals surface area contributed by atoms with Crippen molar-refractivity contribution in [2.75, 3.05) is 13.2 Å². The van der Waals surface area contributed by atoms with Crippen LogP contribution in [0, 0.1) is 17.8 Å². The van der Waals surface area contributed by atoms with Gasteiger partial charge in [0.2, 0.25) is 0 Å². The standard InChI is InChI=1S/C20H27NO3/c22-6-5-17-3-1-2-4-18(17)24-13-19(23)21-20-10-14-7-15(11-20)9-16(8-14)12-20/h1-4,14-16,22H,5-13H2,(H,21,23). The van der Waals surface area contributed by atoms with Crippen LogP contribution in [0.3, 0.4) is 0 Å². The number of ether oxygens (including phenoxy) is 1. The number of aliphatic hydroxyl groups is 1. The van der Waals surface area contributed by atoms with Gasteiger partial charge < -0.3 is 15.2 Å². The second kappa shape index (κ2) is 6.40. The number of para-hydroxylation sites is 1. The van der Waals surface area contributed by atoms with Crippen molar-refractivity contribution in [2.45, 2.75) is 50.5 Å². The molecule has 24 heavy (non-hydrogen) atoms. The van der Waals surface area contributed by atoms with Crippen LogP contribution in [-0.2, 0) is 11.2 Å². The Hall–Kier alpha value is -1.55. The molecular formula is C20H27NO3. The third-order valence-corrected chi connectivity index (χ3v) is 6.16. The van der Waals surface area contributed by atoms with E-state index in [1.807, 2.05) is 24.3 Å². The van der Waals surface area contributed by atoms with Crippen LogP contribution in [0.2, 0.25) is 0 Å². The zero-order valence-corrected chi connectivity index (χ0v) is 14.2. The molecule has 4 nitrogen and oxygen atoms in total. The molecule has 0 radical (unpaired) electrons. The van der Waals surface area contributed by atoms with E-state index < -0.39 is 0 Å². The summed E-state index contributed by atoms with van der Waals surface area (Å²) in [6, 6.07) is 7.62. The second-order valence-corrected chi connectivity index (χ2v) is 8.12. The molecule has 4 heteroatoms. The van der Waals surface area contributed by atoms with Gasteiger partial charge >= 0.3 is 0 Å². The molecular weight excluding hydrogens is 302 g/mol. The summed E-state index contributed by atoms with van der Waals surface area (Å²) in [5, 5.41) is 12.5. The molecule has 4 fully saturated rings. The summed E-state index contributed by atoms with van der Waals surface area (Å²) < 4.78 is 5.74. The van der Waals surface area contributed by atoms with Crippen molar-refractivity contribution in [1.82, 2.24) is 5.32 Å². The van der Waals surface area contributed by atoms with E-state index in [2.05, 4.69) is 5.32 Å². The minimum atomic E-state index is -0.00393. The maximum absolute atomic E-state index is 12.5. The Labute approximate surface area is 143 Å². The molecule has 0 atom stereocenters. The Bertz CT molecular complexity index is 577. The second-order valence-electron chi connectivity index (χ2n) is 8.12. The van der Waals surface area contributed by atoms with Gasteiger partial charge in [0.25, 0.3) is 5.91 Å². The minimum absolute atomic E-state index is 0.00393. The van der Waals surface area contributed by atoms with Gasteiger partial charge in [-0.1, -0.05) is 18.2 Å². The molecule has 4 saturated carbocycles. The van der Waals surface area contributed by atoms with Crippen molar-refractivity contribution in [3.05, 3.63) is 29.8 Å². The number of carbonyl (C=O) groups excluding carboxylic acids is 1. The molecule has 0 unspecified atom stereocenters. The summed E-state index contributed by atoms with van der Waals surface area (Å²) in [5.41, 5.74) is 0.988. The lowest BCUT2D eigenvalue weighted by Gasteiger charge is -2.56. The van der Waals surface area contributed by atoms with Crippen molar-refractivity contribution < 1.29 is 14.6 Å². The predicted molar refractivity (Wildman–Crippen MR) is 91.8 cm³/mol. The third kappa shape index (κ3) is 3.16. The first-order valence-corrected chi connectivity index (χ1v) is 9.28. The number of carbonyl (C=O) groups is 1. The van der Waals surface area contributed by atoms with Crippen LogP contribution in [-0.4, -0.2) is 29.8 Å². The fourth-order valence-electron chi connectivity index (χ4n) is 5.71. The first kappa shape index (κ1) is 15.9. The van der Waals surface area contributed by atoms with E-state index in [4.69, 9.17) is 9.84 Å². The van der Waals surface area contributed by atoms with Crippen molar-refractivity contribution in [2.24, 2.45) is 17.8 Å². The van der Waals surface area contributed by atoms with Gasteiger partial charge in [-0.25, -0.2) is 0 Å². The van der Waals surface area contributed by atoms with Gasteiger partial charge in [-0.15, -0.1) is 0 Å². The molecule has 0 saturated heterocycles. The lowest BCUT2D eigenvalue weighted by atomic mass is 9.53. The smallest absolute Gasteiger partial charge is 0.258 e. The molecule has 4 aliphatic rings. The minimum Gasteiger partial charge on any atom is -0.483 e. The van der Waals surface area contributed by atoms with E-state index in [1.54, 1.807) is 0 Å². The van der Waals surface area contributed by atoms with Gasteiger partial charge in [0.1, 0.15) is 5.75 Å². The Balaban J connectivity index is 1.36. The Morgan fingerprint density at radius 2 is 1.75 bits per heavy atom. The zero-order valence-electron chi connectivity index (χ0n) is 14.2. The first-order chi connectivity index (χ1) is 11.7. The van der Waals surface area contributed by atoms with Crippen molar-refractivity contribution in [3.8, 4) is 5.75 Å². The average Bonchev–Trinajstić information content (AvgIpc) is 2.52. The number of amides is 1. The Morgan fingerprint density at radius 1 is 1.12 bits per heavy atom. The van der Waals surface area contributed by atoms with E-state index >= 15 is 0 Å². The van der Waals surface area contributed by atoms with Crippen molar-refractivity contribution in [1.29, 1.82) is 0 Å². The SMILES string of the molecule is O=C(COc1ccccc1CCO)NC12CC3CC(CC(C3)C1)C2. The van der Waals surface area contributed by atoms with Gasteiger partial charge in [0, 0.05) is 12.1 Å². The Morgan fingerprint density at radius 3 is 2.38 bits per heavy atom. The summed E-state index contributed by atoms with van der Waals surface area (Å²) in [7, 11) is 0. The summed E-state index contributed by atoms with van der Waals surface area (Å²) in [4.78, 5) is 12.5. The van der Waals surface area contributed by atoms with Gasteiger partial charge in [-0.05, 0) is 74.3 Å². The van der Waals surface area contributed by atoms with E-state index in [1.165, 1.54) is 19.3 Å². The van der Waals surface area contributed by atoms with Crippen LogP contribution >= 0.6 is 0 Å². The number of nitrogens with one attached hydrogen (secondary N) is 1. The molecule has 5 rings (SSSR count). The largest absolute Gasteiger partial charge is 0.483 e. The van der Waals surface area contributed by atoms with Crippen molar-refractivity contribution in [3.63, 3.8) is 0 Å². The summed E-state index contributed by atoms with van der Waals surface area (Å²) >= 11 is 0. The lowest BCUT2D eigenvalue weighted by Crippen LogP contribution is -2.60. The number of rotatable bonds is 6. The molecule has 1 aromatic carbocycles. The molecule has 1 aromatic rings. The highest BCUT2D eigenvalue weighted by atomic mass is 16.5. The van der Waals surface area contributed by atoms with Gasteiger partial charge in [-0.3, -0.25) is 4.79 Å². The average molecular weight is 329 g/mol. The topological polar surface area (TPSA) is 58.6 Å². The number of hydrogen-bond donors (Lipinski definition) is 2. The Kier molecular flexibility index (Phi) is 4.25. The van der Waals surface area contributed by atoms with Crippen LogP contribution in [0.25, 0.3) is 0 Å². The molecule has 0 aliphatic heterocycles. The zero-order chi connectivity index (χ0) is 16.6. The van der Waals surface area contributed by atoms with Crippen LogP contribution in [0.15, 0.2) is 24.3 Å². The van der Waals surface area contributed by atoms with Crippen LogP contribution in [0.4, 0.5) is 0 Å². The van der Waals surface area contributed by atoms with E-state index in [0.29, 0.717) is 12.2 Å². The molecule has 1 amide bonds. The van der Waals surface area contributed by atoms with E-state index in [0.717, 1.165) is 42.6 Å². The molecule has 2 N–H and O–H groups in total. The van der Waals surface area contributed by atoms with E-state index in [9.17, 15) is 4.79 Å². The van der Waals surface area contributed by atoms with Gasteiger partial charge in [-0.2, -0.15) is 0 Å². The fourth-order valence-corrected chi connectivity index (χ4v) is 5.71. The molecule has 0 spiro atoms. The number of hydrogen-bond acceptors (Lipinski definition) is 3. The summed E-state index contributed by atoms with van der Waals surface area (Å²) in [5.74, 6) is 3.16. The molecule has 130 valence electrons. The van der Waals surface area contributed by atoms with Crippen molar-refractivity contribution >= 4 is 5.91 Å². The first-order valence-electron chi connectivity index (χ1n) is 9.28. The van der Waals surface area contributed by atoms with Gasteiger partial charge in [0.05, 0.1) is 0 Å². The maximum Gasteiger partial charge on any atom is 0.258 e. The van der Waals surface area contributed by atoms with E-state index in [-0.39, 0.29) is 24.7 Å². The third-order valence-electron chi connectivity index (χ3n) is 6.16. The normalized spacial score (nSPS) is 33.5. The number of benzene rings is 1. The monoisotopic (exact) mass is 329 g/mol. The maximum atomic E-state index is 12.5. The highest BCUT2D eigenvalue weighted by molar-refractivity contribution is 5.78. The molecule has 0 heterocycles. The van der Waals surface area contributed by atoms with Gasteiger partial charge in [0.15, 0.2) is 6.61 Å². The highest BCUT2D eigenvalue weighted by Gasteiger charge is 2.51. The molecule has 4 bridgehead atoms. The summed E-state index contributed by atoms with van der Waals surface area (Å²) in [6.45, 7) is 0.143. The van der Waals surface area contributed by atoms with Crippen LogP contribution in [0.1, 0.15) is 44.1 Å². The quantitative estimate of drug-likeness (QED) is 0.843. The highest BCUT2D eigenvalue weighted by Crippen LogP contribution is 2.55. The molecule has 4 aliphatic carbocycles. The number of aliphatic hydroxyl groups excluding tert-OH is 1. The van der Waals surface area contributed by atoms with Crippen LogP contribution in [0.5, 0.6) is 5.75 Å². The summed E-state index contributed by atoms with van der Waals surface area (Å²) in [6.07, 6.45) is 8.15. The molecule has 0 aromatic heterocycles.